The highest BCUT2D eigenvalue weighted by Gasteiger charge is 2.85. The highest BCUT2D eigenvalue weighted by Crippen LogP contribution is 2.66. The summed E-state index contributed by atoms with van der Waals surface area (Å²) in [5, 5.41) is 10.2. The molecule has 8 heteroatoms. The number of ketones is 1. The summed E-state index contributed by atoms with van der Waals surface area (Å²) >= 11 is 12.9. The Bertz CT molecular complexity index is 451. The lowest BCUT2D eigenvalue weighted by atomic mass is 9.85. The van der Waals surface area contributed by atoms with Crippen molar-refractivity contribution in [2.75, 3.05) is 20.8 Å². The van der Waals surface area contributed by atoms with Gasteiger partial charge in [-0.15, -0.1) is 23.2 Å². The summed E-state index contributed by atoms with van der Waals surface area (Å²) in [5.41, 5.74) is 0. The Labute approximate surface area is 126 Å². The second-order valence-electron chi connectivity index (χ2n) is 5.06. The first-order chi connectivity index (χ1) is 9.21. The van der Waals surface area contributed by atoms with Crippen molar-refractivity contribution >= 4 is 35.0 Å². The van der Waals surface area contributed by atoms with E-state index in [-0.39, 0.29) is 13.0 Å². The number of aliphatic hydroxyl groups is 1. The van der Waals surface area contributed by atoms with Gasteiger partial charge in [-0.25, -0.2) is 0 Å². The molecule has 0 aromatic rings. The molecule has 2 bridgehead atoms. The standard InChI is InChI=1S/C12H16Cl2O6/c1-6(15)20-5-7-4-10(13)8(16)9(17)11(7,14)12(10,18-2)19-3/h7,9,17H,4-5H2,1-3H3/t7-,9-,10-,11+/m1/s1. The lowest BCUT2D eigenvalue weighted by Crippen LogP contribution is -2.58. The average Bonchev–Trinajstić information content (AvgIpc) is 2.67. The van der Waals surface area contributed by atoms with Crippen LogP contribution in [0.5, 0.6) is 0 Å². The van der Waals surface area contributed by atoms with Gasteiger partial charge in [0.25, 0.3) is 0 Å². The number of esters is 1. The molecule has 2 fully saturated rings. The van der Waals surface area contributed by atoms with E-state index in [1.807, 2.05) is 0 Å². The van der Waals surface area contributed by atoms with Gasteiger partial charge in [0.15, 0.2) is 10.7 Å². The second kappa shape index (κ2) is 4.81. The highest BCUT2D eigenvalue weighted by atomic mass is 35.5. The van der Waals surface area contributed by atoms with Crippen LogP contribution in [0.1, 0.15) is 13.3 Å². The van der Waals surface area contributed by atoms with Crippen molar-refractivity contribution in [1.82, 2.24) is 0 Å². The fraction of sp³-hybridized carbons (Fsp3) is 0.833. The van der Waals surface area contributed by atoms with Gasteiger partial charge in [-0.05, 0) is 6.42 Å². The van der Waals surface area contributed by atoms with Crippen LogP contribution in [0.2, 0.25) is 0 Å². The maximum absolute atomic E-state index is 12.2. The number of carbonyl (C=O) groups is 2. The van der Waals surface area contributed by atoms with E-state index in [0.717, 1.165) is 0 Å². The number of Topliss-reactive ketones (excluding diaryl/α,β-unsaturated/α-hetero) is 1. The number of aliphatic hydroxyl groups excluding tert-OH is 1. The molecule has 0 radical (unpaired) electrons. The van der Waals surface area contributed by atoms with Crippen molar-refractivity contribution in [1.29, 1.82) is 0 Å². The minimum atomic E-state index is -1.68. The average molecular weight is 327 g/mol. The van der Waals surface area contributed by atoms with Crippen LogP contribution in [0.3, 0.4) is 0 Å². The Morgan fingerprint density at radius 1 is 1.40 bits per heavy atom. The molecule has 0 saturated heterocycles. The van der Waals surface area contributed by atoms with Gasteiger partial charge in [-0.3, -0.25) is 9.59 Å². The van der Waals surface area contributed by atoms with Crippen LogP contribution in [0.15, 0.2) is 0 Å². The number of methoxy groups -OCH3 is 2. The molecule has 0 heterocycles. The molecule has 0 aromatic heterocycles. The van der Waals surface area contributed by atoms with Crippen LogP contribution in [0.25, 0.3) is 0 Å². The number of hydrogen-bond acceptors (Lipinski definition) is 6. The van der Waals surface area contributed by atoms with Crippen molar-refractivity contribution in [2.45, 2.75) is 35.0 Å². The Balaban J connectivity index is 2.46. The molecule has 1 N–H and O–H groups in total. The number of ether oxygens (including phenoxy) is 3. The second-order valence-corrected chi connectivity index (χ2v) is 6.34. The number of alkyl halides is 2. The minimum absolute atomic E-state index is 0.0773. The molecule has 0 spiro atoms. The summed E-state index contributed by atoms with van der Waals surface area (Å²) in [4.78, 5) is 19.9. The van der Waals surface area contributed by atoms with Crippen LogP contribution < -0.4 is 0 Å². The number of halogens is 2. The van der Waals surface area contributed by atoms with E-state index in [4.69, 9.17) is 37.4 Å². The van der Waals surface area contributed by atoms with E-state index < -0.39 is 39.3 Å². The van der Waals surface area contributed by atoms with Gasteiger partial charge in [0.2, 0.25) is 5.79 Å². The third-order valence-corrected chi connectivity index (χ3v) is 5.60. The van der Waals surface area contributed by atoms with Crippen molar-refractivity contribution in [2.24, 2.45) is 5.92 Å². The van der Waals surface area contributed by atoms with E-state index in [9.17, 15) is 14.7 Å². The number of fused-ring (bicyclic) bond motifs is 2. The molecule has 20 heavy (non-hydrogen) atoms. The van der Waals surface area contributed by atoms with Gasteiger partial charge >= 0.3 is 5.97 Å². The van der Waals surface area contributed by atoms with E-state index in [2.05, 4.69) is 0 Å². The first-order valence-electron chi connectivity index (χ1n) is 6.05. The van der Waals surface area contributed by atoms with E-state index in [1.165, 1.54) is 21.1 Å². The summed E-state index contributed by atoms with van der Waals surface area (Å²) in [7, 11) is 2.61. The number of hydrogen-bond donors (Lipinski definition) is 1. The molecule has 6 nitrogen and oxygen atoms in total. The highest BCUT2D eigenvalue weighted by molar-refractivity contribution is 6.43. The van der Waals surface area contributed by atoms with Gasteiger partial charge < -0.3 is 19.3 Å². The topological polar surface area (TPSA) is 82.1 Å². The number of carbonyl (C=O) groups excluding carboxylic acids is 2. The molecule has 2 saturated carbocycles. The maximum Gasteiger partial charge on any atom is 0.302 e. The van der Waals surface area contributed by atoms with Crippen LogP contribution >= 0.6 is 23.2 Å². The molecule has 0 amide bonds. The molecular weight excluding hydrogens is 311 g/mol. The Kier molecular flexibility index (Phi) is 3.85. The van der Waals surface area contributed by atoms with Gasteiger partial charge in [0, 0.05) is 27.1 Å². The zero-order valence-corrected chi connectivity index (χ0v) is 12.8. The molecule has 2 rings (SSSR count). The molecule has 0 unspecified atom stereocenters. The summed E-state index contributed by atoms with van der Waals surface area (Å²) in [6.45, 7) is 1.18. The first kappa shape index (κ1) is 16.0. The number of rotatable bonds is 4. The summed E-state index contributed by atoms with van der Waals surface area (Å²) in [6.07, 6.45) is -1.47. The zero-order chi connectivity index (χ0) is 15.3. The zero-order valence-electron chi connectivity index (χ0n) is 11.3. The van der Waals surface area contributed by atoms with Gasteiger partial charge in [-0.2, -0.15) is 0 Å². The van der Waals surface area contributed by atoms with Crippen LogP contribution in [-0.2, 0) is 23.8 Å². The quantitative estimate of drug-likeness (QED) is 0.459. The molecule has 2 aliphatic carbocycles. The van der Waals surface area contributed by atoms with Gasteiger partial charge in [0.05, 0.1) is 6.61 Å². The maximum atomic E-state index is 12.2. The SMILES string of the molecule is COC1(OC)[C@]2(Cl)[C@@H](COC(C)=O)C[C@@]1(Cl)C(=O)[C@H]2O. The monoisotopic (exact) mass is 326 g/mol. The Morgan fingerprint density at radius 3 is 2.35 bits per heavy atom. The van der Waals surface area contributed by atoms with Crippen LogP contribution in [0.4, 0.5) is 0 Å². The van der Waals surface area contributed by atoms with Crippen LogP contribution in [-0.4, -0.2) is 59.3 Å². The van der Waals surface area contributed by atoms with E-state index in [0.29, 0.717) is 0 Å². The fourth-order valence-electron chi connectivity index (χ4n) is 3.39. The molecule has 0 aromatic carbocycles. The molecule has 0 aliphatic heterocycles. The van der Waals surface area contributed by atoms with Crippen LogP contribution in [0, 0.1) is 5.92 Å². The lowest BCUT2D eigenvalue weighted by Gasteiger charge is -2.40. The normalized spacial score (nSPS) is 42.0. The smallest absolute Gasteiger partial charge is 0.302 e. The third kappa shape index (κ3) is 1.57. The molecule has 114 valence electrons. The predicted octanol–water partition coefficient (Wildman–Crippen LogP) is 0.457. The van der Waals surface area contributed by atoms with Crippen molar-refractivity contribution < 1.29 is 28.9 Å². The largest absolute Gasteiger partial charge is 0.466 e. The third-order valence-electron chi connectivity index (χ3n) is 4.25. The Hall–Kier alpha value is -0.400. The van der Waals surface area contributed by atoms with E-state index >= 15 is 0 Å². The van der Waals surface area contributed by atoms with Crippen molar-refractivity contribution in [3.8, 4) is 0 Å². The molecule has 4 atom stereocenters. The van der Waals surface area contributed by atoms with Crippen molar-refractivity contribution in [3.05, 3.63) is 0 Å². The van der Waals surface area contributed by atoms with Gasteiger partial charge in [0.1, 0.15) is 11.0 Å². The summed E-state index contributed by atoms with van der Waals surface area (Å²) in [5.74, 6) is -3.38. The first-order valence-corrected chi connectivity index (χ1v) is 6.80. The van der Waals surface area contributed by atoms with E-state index in [1.54, 1.807) is 0 Å². The van der Waals surface area contributed by atoms with Crippen molar-refractivity contribution in [3.63, 3.8) is 0 Å². The molecular formula is C12H16Cl2O6. The fourth-order valence-corrected chi connectivity index (χ4v) is 4.59. The Morgan fingerprint density at radius 2 is 1.95 bits per heavy atom. The van der Waals surface area contributed by atoms with Gasteiger partial charge in [-0.1, -0.05) is 0 Å². The summed E-state index contributed by atoms with van der Waals surface area (Å²) < 4.78 is 15.6. The summed E-state index contributed by atoms with van der Waals surface area (Å²) in [6, 6.07) is 0. The lowest BCUT2D eigenvalue weighted by molar-refractivity contribution is -0.228. The predicted molar refractivity (Wildman–Crippen MR) is 69.7 cm³/mol. The minimum Gasteiger partial charge on any atom is -0.466 e. The molecule has 2 aliphatic rings.